The summed E-state index contributed by atoms with van der Waals surface area (Å²) in [5.41, 5.74) is 7.36. The lowest BCUT2D eigenvalue weighted by Crippen LogP contribution is -2.14. The van der Waals surface area contributed by atoms with Gasteiger partial charge in [0.25, 0.3) is 0 Å². The van der Waals surface area contributed by atoms with E-state index < -0.39 is 0 Å². The Morgan fingerprint density at radius 1 is 1.20 bits per heavy atom. The van der Waals surface area contributed by atoms with Gasteiger partial charge < -0.3 is 20.5 Å². The highest BCUT2D eigenvalue weighted by molar-refractivity contribution is 5.91. The SMILES string of the molecule is COCCCOCCCC(=O)Nc1ccccc1CN. The largest absolute Gasteiger partial charge is 0.385 e. The second-order valence-corrected chi connectivity index (χ2v) is 4.47. The van der Waals surface area contributed by atoms with E-state index in [-0.39, 0.29) is 5.91 Å². The summed E-state index contributed by atoms with van der Waals surface area (Å²) in [6.07, 6.45) is 2.04. The van der Waals surface area contributed by atoms with Gasteiger partial charge in [-0.3, -0.25) is 4.79 Å². The standard InChI is InChI=1S/C15H24N2O3/c1-19-9-5-11-20-10-4-8-15(18)17-14-7-3-2-6-13(14)12-16/h2-3,6-7H,4-5,8-12,16H2,1H3,(H,17,18). The van der Waals surface area contributed by atoms with E-state index in [1.807, 2.05) is 24.3 Å². The van der Waals surface area contributed by atoms with E-state index in [9.17, 15) is 4.79 Å². The van der Waals surface area contributed by atoms with Gasteiger partial charge in [-0.25, -0.2) is 0 Å². The molecule has 0 aliphatic carbocycles. The maximum atomic E-state index is 11.8. The molecule has 0 aliphatic rings. The smallest absolute Gasteiger partial charge is 0.224 e. The summed E-state index contributed by atoms with van der Waals surface area (Å²) in [5, 5.41) is 2.88. The summed E-state index contributed by atoms with van der Waals surface area (Å²) in [6, 6.07) is 7.56. The summed E-state index contributed by atoms with van der Waals surface area (Å²) in [6.45, 7) is 2.39. The third kappa shape index (κ3) is 6.65. The average Bonchev–Trinajstić information content (AvgIpc) is 2.47. The fourth-order valence-electron chi connectivity index (χ4n) is 1.78. The monoisotopic (exact) mass is 280 g/mol. The van der Waals surface area contributed by atoms with Crippen molar-refractivity contribution >= 4 is 11.6 Å². The van der Waals surface area contributed by atoms with Gasteiger partial charge in [-0.1, -0.05) is 18.2 Å². The van der Waals surface area contributed by atoms with Gasteiger partial charge in [0.05, 0.1) is 0 Å². The van der Waals surface area contributed by atoms with Gasteiger partial charge in [0.2, 0.25) is 5.91 Å². The van der Waals surface area contributed by atoms with Gasteiger partial charge in [-0.15, -0.1) is 0 Å². The number of benzene rings is 1. The molecule has 0 saturated heterocycles. The van der Waals surface area contributed by atoms with Crippen molar-refractivity contribution in [1.29, 1.82) is 0 Å². The van der Waals surface area contributed by atoms with Crippen LogP contribution in [0.15, 0.2) is 24.3 Å². The second kappa shape index (κ2) is 10.4. The normalized spacial score (nSPS) is 10.5. The molecule has 0 aliphatic heterocycles. The first-order valence-corrected chi connectivity index (χ1v) is 6.92. The molecule has 5 nitrogen and oxygen atoms in total. The Labute approximate surface area is 120 Å². The van der Waals surface area contributed by atoms with Crippen LogP contribution in [0.2, 0.25) is 0 Å². The maximum Gasteiger partial charge on any atom is 0.224 e. The van der Waals surface area contributed by atoms with Crippen molar-refractivity contribution < 1.29 is 14.3 Å². The second-order valence-electron chi connectivity index (χ2n) is 4.47. The van der Waals surface area contributed by atoms with Crippen molar-refractivity contribution in [1.82, 2.24) is 0 Å². The van der Waals surface area contributed by atoms with Crippen LogP contribution in [-0.4, -0.2) is 32.8 Å². The lowest BCUT2D eigenvalue weighted by molar-refractivity contribution is -0.116. The predicted molar refractivity (Wildman–Crippen MR) is 79.5 cm³/mol. The number of ether oxygens (including phenoxy) is 2. The average molecular weight is 280 g/mol. The van der Waals surface area contributed by atoms with Crippen LogP contribution in [-0.2, 0) is 20.8 Å². The van der Waals surface area contributed by atoms with Crippen LogP contribution in [0.5, 0.6) is 0 Å². The van der Waals surface area contributed by atoms with E-state index in [4.69, 9.17) is 15.2 Å². The van der Waals surface area contributed by atoms with Crippen molar-refractivity contribution in [3.05, 3.63) is 29.8 Å². The zero-order valence-corrected chi connectivity index (χ0v) is 12.1. The zero-order valence-electron chi connectivity index (χ0n) is 12.1. The lowest BCUT2D eigenvalue weighted by Gasteiger charge is -2.09. The Balaban J connectivity index is 2.17. The van der Waals surface area contributed by atoms with Crippen molar-refractivity contribution in [2.75, 3.05) is 32.2 Å². The molecular weight excluding hydrogens is 256 g/mol. The summed E-state index contributed by atoms with van der Waals surface area (Å²) in [5.74, 6) is -0.00797. The van der Waals surface area contributed by atoms with Crippen LogP contribution in [0.25, 0.3) is 0 Å². The number of hydrogen-bond acceptors (Lipinski definition) is 4. The van der Waals surface area contributed by atoms with Crippen molar-refractivity contribution in [3.8, 4) is 0 Å². The zero-order chi connectivity index (χ0) is 14.6. The molecule has 0 unspecified atom stereocenters. The number of methoxy groups -OCH3 is 1. The van der Waals surface area contributed by atoms with E-state index in [1.54, 1.807) is 7.11 Å². The highest BCUT2D eigenvalue weighted by atomic mass is 16.5. The topological polar surface area (TPSA) is 73.6 Å². The number of rotatable bonds is 10. The van der Waals surface area contributed by atoms with Crippen LogP contribution >= 0.6 is 0 Å². The molecule has 5 heteroatoms. The molecule has 0 fully saturated rings. The molecule has 3 N–H and O–H groups in total. The van der Waals surface area contributed by atoms with Gasteiger partial charge in [-0.2, -0.15) is 0 Å². The number of amides is 1. The van der Waals surface area contributed by atoms with Gasteiger partial charge >= 0.3 is 0 Å². The summed E-state index contributed by atoms with van der Waals surface area (Å²) < 4.78 is 10.3. The Morgan fingerprint density at radius 2 is 1.95 bits per heavy atom. The number of nitrogens with two attached hydrogens (primary N) is 1. The molecule has 0 aromatic heterocycles. The highest BCUT2D eigenvalue weighted by Gasteiger charge is 2.05. The minimum absolute atomic E-state index is 0.00797. The van der Waals surface area contributed by atoms with Crippen LogP contribution < -0.4 is 11.1 Å². The first-order valence-electron chi connectivity index (χ1n) is 6.92. The number of carbonyl (C=O) groups is 1. The molecule has 20 heavy (non-hydrogen) atoms. The third-order valence-electron chi connectivity index (χ3n) is 2.84. The minimum Gasteiger partial charge on any atom is -0.385 e. The Kier molecular flexibility index (Phi) is 8.62. The molecule has 1 aromatic carbocycles. The van der Waals surface area contributed by atoms with Crippen LogP contribution in [0.3, 0.4) is 0 Å². The van der Waals surface area contributed by atoms with Crippen LogP contribution in [0.4, 0.5) is 5.69 Å². The highest BCUT2D eigenvalue weighted by Crippen LogP contribution is 2.14. The van der Waals surface area contributed by atoms with Crippen LogP contribution in [0, 0.1) is 0 Å². The van der Waals surface area contributed by atoms with E-state index in [0.29, 0.717) is 39.2 Å². The van der Waals surface area contributed by atoms with Gasteiger partial charge in [-0.05, 0) is 24.5 Å². The molecule has 112 valence electrons. The third-order valence-corrected chi connectivity index (χ3v) is 2.84. The molecule has 1 rings (SSSR count). The number of anilines is 1. The first kappa shape index (κ1) is 16.6. The summed E-state index contributed by atoms with van der Waals surface area (Å²) >= 11 is 0. The van der Waals surface area contributed by atoms with Crippen molar-refractivity contribution in [3.63, 3.8) is 0 Å². The summed E-state index contributed by atoms with van der Waals surface area (Å²) in [4.78, 5) is 11.8. The fraction of sp³-hybridized carbons (Fsp3) is 0.533. The molecule has 0 atom stereocenters. The molecule has 0 bridgehead atoms. The number of nitrogens with one attached hydrogen (secondary N) is 1. The Hall–Kier alpha value is -1.43. The molecule has 0 saturated carbocycles. The van der Waals surface area contributed by atoms with E-state index in [1.165, 1.54) is 0 Å². The quantitative estimate of drug-likeness (QED) is 0.642. The van der Waals surface area contributed by atoms with Gasteiger partial charge in [0.15, 0.2) is 0 Å². The fourth-order valence-corrected chi connectivity index (χ4v) is 1.78. The van der Waals surface area contributed by atoms with Crippen molar-refractivity contribution in [2.24, 2.45) is 5.73 Å². The van der Waals surface area contributed by atoms with Gasteiger partial charge in [0, 0.05) is 45.6 Å². The molecule has 1 amide bonds. The molecule has 0 radical (unpaired) electrons. The minimum atomic E-state index is -0.00797. The molecule has 0 spiro atoms. The first-order chi connectivity index (χ1) is 9.77. The number of para-hydroxylation sites is 1. The predicted octanol–water partition coefficient (Wildman–Crippen LogP) is 1.92. The number of hydrogen-bond donors (Lipinski definition) is 2. The van der Waals surface area contributed by atoms with E-state index in [2.05, 4.69) is 5.32 Å². The molecule has 0 heterocycles. The Morgan fingerprint density at radius 3 is 2.70 bits per heavy atom. The van der Waals surface area contributed by atoms with Crippen LogP contribution in [0.1, 0.15) is 24.8 Å². The number of carbonyl (C=O) groups excluding carboxylic acids is 1. The maximum absolute atomic E-state index is 11.8. The molecular formula is C15H24N2O3. The van der Waals surface area contributed by atoms with E-state index >= 15 is 0 Å². The molecule has 1 aromatic rings. The lowest BCUT2D eigenvalue weighted by atomic mass is 10.1. The van der Waals surface area contributed by atoms with Gasteiger partial charge in [0.1, 0.15) is 0 Å². The van der Waals surface area contributed by atoms with E-state index in [0.717, 1.165) is 17.7 Å². The Bertz CT molecular complexity index is 396. The summed E-state index contributed by atoms with van der Waals surface area (Å²) in [7, 11) is 1.67. The van der Waals surface area contributed by atoms with Crippen molar-refractivity contribution in [2.45, 2.75) is 25.8 Å².